The number of nitriles is 1. The van der Waals surface area contributed by atoms with Gasteiger partial charge in [0.15, 0.2) is 6.04 Å². The maximum Gasteiger partial charge on any atom is 0.208 e. The maximum atomic E-state index is 10.4. The van der Waals surface area contributed by atoms with Crippen LogP contribution in [0.2, 0.25) is 0 Å². The predicted molar refractivity (Wildman–Crippen MR) is 62.9 cm³/mol. The zero-order chi connectivity index (χ0) is 12.3. The minimum atomic E-state index is -0.842. The molecule has 1 atom stereocenters. The number of hydrogen-bond acceptors (Lipinski definition) is 5. The molecule has 6 heteroatoms. The molecule has 17 heavy (non-hydrogen) atoms. The number of carbonyl (C=O) groups excluding carboxylic acids is 1. The second kappa shape index (κ2) is 4.60. The molecule has 0 aliphatic carbocycles. The molecule has 0 fully saturated rings. The van der Waals surface area contributed by atoms with Crippen LogP contribution < -0.4 is 5.32 Å². The fourth-order valence-corrected chi connectivity index (χ4v) is 2.35. The van der Waals surface area contributed by atoms with Gasteiger partial charge in [0, 0.05) is 16.3 Å². The van der Waals surface area contributed by atoms with Crippen molar-refractivity contribution in [3.63, 3.8) is 0 Å². The highest BCUT2D eigenvalue weighted by atomic mass is 32.1. The standard InChI is InChI=1S/C11H6N4OS/c1-2-7-5-17-9-4-14-15-11(10(7)9)8(3-12)13-6-16/h1,4-6,8H,(H,13,16). The quantitative estimate of drug-likeness (QED) is 0.643. The molecule has 0 bridgehead atoms. The van der Waals surface area contributed by atoms with E-state index in [0.29, 0.717) is 23.1 Å². The van der Waals surface area contributed by atoms with E-state index in [1.54, 1.807) is 11.6 Å². The van der Waals surface area contributed by atoms with Crippen molar-refractivity contribution < 1.29 is 4.79 Å². The number of carbonyl (C=O) groups is 1. The zero-order valence-electron chi connectivity index (χ0n) is 8.54. The van der Waals surface area contributed by atoms with Crippen LogP contribution in [0, 0.1) is 23.7 Å². The number of amides is 1. The van der Waals surface area contributed by atoms with Crippen LogP contribution in [0.3, 0.4) is 0 Å². The van der Waals surface area contributed by atoms with E-state index < -0.39 is 6.04 Å². The second-order valence-electron chi connectivity index (χ2n) is 3.11. The fraction of sp³-hybridized carbons (Fsp3) is 0.0909. The van der Waals surface area contributed by atoms with Crippen LogP contribution in [0.15, 0.2) is 11.6 Å². The average molecular weight is 242 g/mol. The molecule has 0 spiro atoms. The smallest absolute Gasteiger partial charge is 0.208 e. The van der Waals surface area contributed by atoms with Gasteiger partial charge in [0.1, 0.15) is 5.69 Å². The average Bonchev–Trinajstić information content (AvgIpc) is 2.79. The van der Waals surface area contributed by atoms with Crippen LogP contribution in [0.5, 0.6) is 0 Å². The normalized spacial score (nSPS) is 11.4. The molecule has 0 radical (unpaired) electrons. The highest BCUT2D eigenvalue weighted by Crippen LogP contribution is 2.29. The number of hydrogen-bond donors (Lipinski definition) is 1. The van der Waals surface area contributed by atoms with Gasteiger partial charge in [-0.3, -0.25) is 4.79 Å². The summed E-state index contributed by atoms with van der Waals surface area (Å²) in [6.07, 6.45) is 7.42. The number of nitrogens with one attached hydrogen (secondary N) is 1. The number of nitrogens with zero attached hydrogens (tertiary/aromatic N) is 3. The molecule has 2 heterocycles. The summed E-state index contributed by atoms with van der Waals surface area (Å²) in [5.41, 5.74) is 1.04. The van der Waals surface area contributed by atoms with Gasteiger partial charge in [-0.2, -0.15) is 15.5 Å². The molecular formula is C11H6N4OS. The molecule has 0 aromatic carbocycles. The van der Waals surface area contributed by atoms with Crippen LogP contribution in [0.25, 0.3) is 10.1 Å². The van der Waals surface area contributed by atoms with Crippen molar-refractivity contribution in [3.05, 3.63) is 22.8 Å². The SMILES string of the molecule is C#Cc1csc2cnnc(C(C#N)NC=O)c12. The van der Waals surface area contributed by atoms with E-state index in [4.69, 9.17) is 11.7 Å². The molecule has 0 aliphatic heterocycles. The molecule has 1 unspecified atom stereocenters. The molecule has 1 amide bonds. The van der Waals surface area contributed by atoms with Gasteiger partial charge in [-0.25, -0.2) is 0 Å². The topological polar surface area (TPSA) is 78.7 Å². The summed E-state index contributed by atoms with van der Waals surface area (Å²) < 4.78 is 0.843. The Morgan fingerprint density at radius 1 is 1.65 bits per heavy atom. The monoisotopic (exact) mass is 242 g/mol. The highest BCUT2D eigenvalue weighted by molar-refractivity contribution is 7.17. The van der Waals surface area contributed by atoms with Gasteiger partial charge >= 0.3 is 0 Å². The van der Waals surface area contributed by atoms with Crippen LogP contribution >= 0.6 is 11.3 Å². The van der Waals surface area contributed by atoms with Crippen molar-refractivity contribution in [3.8, 4) is 18.4 Å². The first-order chi connectivity index (χ1) is 8.31. The second-order valence-corrected chi connectivity index (χ2v) is 4.02. The van der Waals surface area contributed by atoms with Crippen LogP contribution in [0.4, 0.5) is 0 Å². The lowest BCUT2D eigenvalue weighted by Gasteiger charge is -2.07. The molecule has 0 saturated heterocycles. The van der Waals surface area contributed by atoms with Crippen molar-refractivity contribution in [2.75, 3.05) is 0 Å². The number of thiophene rings is 1. The Labute approximate surface area is 101 Å². The molecule has 1 N–H and O–H groups in total. The first-order valence-corrected chi connectivity index (χ1v) is 5.48. The summed E-state index contributed by atoms with van der Waals surface area (Å²) in [5.74, 6) is 2.53. The molecule has 0 saturated carbocycles. The van der Waals surface area contributed by atoms with E-state index in [2.05, 4.69) is 21.4 Å². The van der Waals surface area contributed by atoms with E-state index >= 15 is 0 Å². The van der Waals surface area contributed by atoms with Crippen LogP contribution in [0.1, 0.15) is 17.3 Å². The van der Waals surface area contributed by atoms with Crippen molar-refractivity contribution in [2.45, 2.75) is 6.04 Å². The van der Waals surface area contributed by atoms with E-state index in [1.807, 2.05) is 6.07 Å². The van der Waals surface area contributed by atoms with Crippen molar-refractivity contribution in [1.82, 2.24) is 15.5 Å². The third-order valence-electron chi connectivity index (χ3n) is 2.21. The minimum absolute atomic E-state index is 0.381. The summed E-state index contributed by atoms with van der Waals surface area (Å²) in [6.45, 7) is 0. The van der Waals surface area contributed by atoms with Gasteiger partial charge in [-0.05, 0) is 0 Å². The first kappa shape index (κ1) is 11.1. The van der Waals surface area contributed by atoms with E-state index in [9.17, 15) is 4.79 Å². The molecule has 2 aromatic rings. The fourth-order valence-electron chi connectivity index (χ4n) is 1.48. The predicted octanol–water partition coefficient (Wildman–Crippen LogP) is 0.983. The van der Waals surface area contributed by atoms with E-state index in [1.165, 1.54) is 11.3 Å². The Morgan fingerprint density at radius 3 is 3.12 bits per heavy atom. The molecule has 5 nitrogen and oxygen atoms in total. The molecule has 82 valence electrons. The highest BCUT2D eigenvalue weighted by Gasteiger charge is 2.18. The third-order valence-corrected chi connectivity index (χ3v) is 3.13. The van der Waals surface area contributed by atoms with Gasteiger partial charge < -0.3 is 5.32 Å². The third kappa shape index (κ3) is 1.82. The molecule has 0 aliphatic rings. The van der Waals surface area contributed by atoms with Gasteiger partial charge in [-0.1, -0.05) is 5.92 Å². The van der Waals surface area contributed by atoms with Gasteiger partial charge in [0.25, 0.3) is 0 Å². The Bertz CT molecular complexity index is 650. The lowest BCUT2D eigenvalue weighted by molar-refractivity contribution is -0.109. The lowest BCUT2D eigenvalue weighted by atomic mass is 10.1. The molecule has 2 aromatic heterocycles. The molecule has 2 rings (SSSR count). The minimum Gasteiger partial charge on any atom is -0.338 e. The van der Waals surface area contributed by atoms with Crippen molar-refractivity contribution >= 4 is 27.8 Å². The summed E-state index contributed by atoms with van der Waals surface area (Å²) in [4.78, 5) is 10.4. The lowest BCUT2D eigenvalue weighted by Crippen LogP contribution is -2.19. The number of aromatic nitrogens is 2. The number of rotatable bonds is 3. The van der Waals surface area contributed by atoms with Crippen LogP contribution in [-0.2, 0) is 4.79 Å². The Kier molecular flexibility index (Phi) is 2.99. The summed E-state index contributed by atoms with van der Waals surface area (Å²) in [6, 6.07) is 1.10. The van der Waals surface area contributed by atoms with Gasteiger partial charge in [0.05, 0.1) is 17.0 Å². The molecular weight excluding hydrogens is 236 g/mol. The zero-order valence-corrected chi connectivity index (χ0v) is 9.36. The van der Waals surface area contributed by atoms with Crippen LogP contribution in [-0.4, -0.2) is 16.6 Å². The summed E-state index contributed by atoms with van der Waals surface area (Å²) in [7, 11) is 0. The van der Waals surface area contributed by atoms with E-state index in [-0.39, 0.29) is 0 Å². The largest absolute Gasteiger partial charge is 0.338 e. The van der Waals surface area contributed by atoms with Gasteiger partial charge in [0.2, 0.25) is 6.41 Å². The summed E-state index contributed by atoms with van der Waals surface area (Å²) in [5, 5.41) is 21.5. The number of terminal acetylenes is 1. The maximum absolute atomic E-state index is 10.4. The van der Waals surface area contributed by atoms with Crippen molar-refractivity contribution in [1.29, 1.82) is 5.26 Å². The Morgan fingerprint density at radius 2 is 2.47 bits per heavy atom. The van der Waals surface area contributed by atoms with E-state index in [0.717, 1.165) is 4.70 Å². The Hall–Kier alpha value is -2.44. The first-order valence-electron chi connectivity index (χ1n) is 4.60. The Balaban J connectivity index is 2.69. The van der Waals surface area contributed by atoms with Gasteiger partial charge in [-0.15, -0.1) is 17.8 Å². The number of fused-ring (bicyclic) bond motifs is 1. The van der Waals surface area contributed by atoms with Crippen molar-refractivity contribution in [2.24, 2.45) is 0 Å². The summed E-state index contributed by atoms with van der Waals surface area (Å²) >= 11 is 1.43.